The molecule has 2 N–H and O–H groups in total. The molecule has 102 valence electrons. The number of nitrogens with zero attached hydrogens (tertiary/aromatic N) is 1. The van der Waals surface area contributed by atoms with Crippen molar-refractivity contribution in [1.29, 1.82) is 0 Å². The highest BCUT2D eigenvalue weighted by Gasteiger charge is 2.22. The van der Waals surface area contributed by atoms with Crippen LogP contribution in [0.25, 0.3) is 0 Å². The number of ether oxygens (including phenoxy) is 1. The predicted molar refractivity (Wildman–Crippen MR) is 72.6 cm³/mol. The minimum absolute atomic E-state index is 0.0436. The smallest absolute Gasteiger partial charge is 0.229 e. The SMILES string of the molecule is CC(=NO)c1ccccc1NC(=O)C1CCCOC1. The van der Waals surface area contributed by atoms with Gasteiger partial charge >= 0.3 is 0 Å². The Morgan fingerprint density at radius 2 is 2.26 bits per heavy atom. The third-order valence-electron chi connectivity index (χ3n) is 3.26. The summed E-state index contributed by atoms with van der Waals surface area (Å²) in [4.78, 5) is 12.1. The molecule has 1 atom stereocenters. The zero-order valence-electron chi connectivity index (χ0n) is 10.9. The molecule has 0 spiro atoms. The molecule has 1 fully saturated rings. The fraction of sp³-hybridized carbons (Fsp3) is 0.429. The second-order valence-electron chi connectivity index (χ2n) is 4.63. The Labute approximate surface area is 112 Å². The third-order valence-corrected chi connectivity index (χ3v) is 3.26. The van der Waals surface area contributed by atoms with E-state index in [1.165, 1.54) is 0 Å². The van der Waals surface area contributed by atoms with Gasteiger partial charge in [-0.1, -0.05) is 23.4 Å². The number of hydrogen-bond donors (Lipinski definition) is 2. The van der Waals surface area contributed by atoms with Gasteiger partial charge in [0.1, 0.15) is 0 Å². The molecule has 1 amide bonds. The number of carbonyl (C=O) groups is 1. The van der Waals surface area contributed by atoms with E-state index in [0.717, 1.165) is 25.0 Å². The molecule has 1 aliphatic rings. The molecule has 1 aromatic rings. The van der Waals surface area contributed by atoms with Crippen LogP contribution < -0.4 is 5.32 Å². The molecule has 19 heavy (non-hydrogen) atoms. The van der Waals surface area contributed by atoms with Gasteiger partial charge in [-0.25, -0.2) is 0 Å². The molecule has 2 rings (SSSR count). The Morgan fingerprint density at radius 3 is 2.95 bits per heavy atom. The lowest BCUT2D eigenvalue weighted by atomic mass is 10.0. The monoisotopic (exact) mass is 262 g/mol. The Balaban J connectivity index is 2.12. The summed E-state index contributed by atoms with van der Waals surface area (Å²) in [5, 5.41) is 14.9. The second kappa shape index (κ2) is 6.33. The van der Waals surface area contributed by atoms with Gasteiger partial charge in [-0.05, 0) is 25.8 Å². The Morgan fingerprint density at radius 1 is 1.47 bits per heavy atom. The lowest BCUT2D eigenvalue weighted by Crippen LogP contribution is -2.30. The zero-order chi connectivity index (χ0) is 13.7. The molecule has 1 unspecified atom stereocenters. The summed E-state index contributed by atoms with van der Waals surface area (Å²) in [5.74, 6) is -0.147. The Bertz CT molecular complexity index is 479. The summed E-state index contributed by atoms with van der Waals surface area (Å²) < 4.78 is 5.32. The molecule has 1 aliphatic heterocycles. The molecule has 1 aromatic carbocycles. The van der Waals surface area contributed by atoms with Crippen molar-refractivity contribution < 1.29 is 14.7 Å². The van der Waals surface area contributed by atoms with Gasteiger partial charge in [0.05, 0.1) is 18.2 Å². The normalized spacial score (nSPS) is 20.1. The van der Waals surface area contributed by atoms with E-state index in [-0.39, 0.29) is 11.8 Å². The van der Waals surface area contributed by atoms with E-state index in [4.69, 9.17) is 9.94 Å². The van der Waals surface area contributed by atoms with Gasteiger partial charge in [0.15, 0.2) is 0 Å². The minimum atomic E-state index is -0.104. The molecule has 1 heterocycles. The van der Waals surface area contributed by atoms with E-state index in [9.17, 15) is 4.79 Å². The molecule has 0 aromatic heterocycles. The second-order valence-corrected chi connectivity index (χ2v) is 4.63. The summed E-state index contributed by atoms with van der Waals surface area (Å²) in [6.45, 7) is 2.90. The number of oxime groups is 1. The molecule has 0 aliphatic carbocycles. The highest BCUT2D eigenvalue weighted by atomic mass is 16.5. The maximum absolute atomic E-state index is 12.1. The number of carbonyl (C=O) groups excluding carboxylic acids is 1. The average molecular weight is 262 g/mol. The fourth-order valence-electron chi connectivity index (χ4n) is 2.14. The van der Waals surface area contributed by atoms with Crippen LogP contribution >= 0.6 is 0 Å². The van der Waals surface area contributed by atoms with Crippen LogP contribution in [0.3, 0.4) is 0 Å². The van der Waals surface area contributed by atoms with Crippen molar-refractivity contribution in [2.75, 3.05) is 18.5 Å². The van der Waals surface area contributed by atoms with Crippen molar-refractivity contribution in [1.82, 2.24) is 0 Å². The maximum Gasteiger partial charge on any atom is 0.229 e. The fourth-order valence-corrected chi connectivity index (χ4v) is 2.14. The summed E-state index contributed by atoms with van der Waals surface area (Å²) in [5.41, 5.74) is 1.85. The standard InChI is InChI=1S/C14H18N2O3/c1-10(16-18)12-6-2-3-7-13(12)15-14(17)11-5-4-8-19-9-11/h2-3,6-7,11,18H,4-5,8-9H2,1H3,(H,15,17). The zero-order valence-corrected chi connectivity index (χ0v) is 10.9. The van der Waals surface area contributed by atoms with Crippen LogP contribution in [0.5, 0.6) is 0 Å². The van der Waals surface area contributed by atoms with Crippen LogP contribution in [0.1, 0.15) is 25.3 Å². The van der Waals surface area contributed by atoms with Crippen LogP contribution in [0, 0.1) is 5.92 Å². The summed E-state index contributed by atoms with van der Waals surface area (Å²) in [6.07, 6.45) is 1.76. The highest BCUT2D eigenvalue weighted by molar-refractivity contribution is 6.06. The molecular weight excluding hydrogens is 244 g/mol. The number of hydrogen-bond acceptors (Lipinski definition) is 4. The van der Waals surface area contributed by atoms with Gasteiger partial charge in [0.25, 0.3) is 0 Å². The molecule has 0 bridgehead atoms. The predicted octanol–water partition coefficient (Wildman–Crippen LogP) is 2.25. The summed E-state index contributed by atoms with van der Waals surface area (Å²) >= 11 is 0. The van der Waals surface area contributed by atoms with Gasteiger partial charge in [0.2, 0.25) is 5.91 Å². The van der Waals surface area contributed by atoms with E-state index < -0.39 is 0 Å². The van der Waals surface area contributed by atoms with Crippen molar-refractivity contribution in [3.8, 4) is 0 Å². The van der Waals surface area contributed by atoms with Gasteiger partial charge in [0, 0.05) is 17.9 Å². The minimum Gasteiger partial charge on any atom is -0.411 e. The maximum atomic E-state index is 12.1. The third kappa shape index (κ3) is 3.32. The Kier molecular flexibility index (Phi) is 4.52. The summed E-state index contributed by atoms with van der Waals surface area (Å²) in [6, 6.07) is 7.28. The first-order chi connectivity index (χ1) is 9.22. The van der Waals surface area contributed by atoms with Gasteiger partial charge in [-0.15, -0.1) is 0 Å². The number of anilines is 1. The van der Waals surface area contributed by atoms with Crippen molar-refractivity contribution >= 4 is 17.3 Å². The van der Waals surface area contributed by atoms with E-state index in [0.29, 0.717) is 18.0 Å². The van der Waals surface area contributed by atoms with Crippen molar-refractivity contribution in [3.05, 3.63) is 29.8 Å². The average Bonchev–Trinajstić information content (AvgIpc) is 2.48. The molecule has 5 heteroatoms. The summed E-state index contributed by atoms with van der Waals surface area (Å²) in [7, 11) is 0. The van der Waals surface area contributed by atoms with Crippen LogP contribution in [-0.4, -0.2) is 30.0 Å². The first-order valence-corrected chi connectivity index (χ1v) is 6.39. The number of rotatable bonds is 3. The van der Waals surface area contributed by atoms with Crippen LogP contribution in [-0.2, 0) is 9.53 Å². The first kappa shape index (κ1) is 13.5. The largest absolute Gasteiger partial charge is 0.411 e. The van der Waals surface area contributed by atoms with E-state index in [2.05, 4.69) is 10.5 Å². The van der Waals surface area contributed by atoms with E-state index in [1.807, 2.05) is 18.2 Å². The quantitative estimate of drug-likeness (QED) is 0.498. The highest BCUT2D eigenvalue weighted by Crippen LogP contribution is 2.20. The van der Waals surface area contributed by atoms with Crippen LogP contribution in [0.2, 0.25) is 0 Å². The van der Waals surface area contributed by atoms with Crippen molar-refractivity contribution in [3.63, 3.8) is 0 Å². The number of nitrogens with one attached hydrogen (secondary N) is 1. The van der Waals surface area contributed by atoms with Gasteiger partial charge < -0.3 is 15.3 Å². The number of para-hydroxylation sites is 1. The number of amides is 1. The van der Waals surface area contributed by atoms with Crippen LogP contribution in [0.15, 0.2) is 29.4 Å². The molecule has 1 saturated heterocycles. The Hall–Kier alpha value is -1.88. The van der Waals surface area contributed by atoms with Crippen molar-refractivity contribution in [2.45, 2.75) is 19.8 Å². The molecular formula is C14H18N2O3. The van der Waals surface area contributed by atoms with Gasteiger partial charge in [-0.3, -0.25) is 4.79 Å². The topological polar surface area (TPSA) is 70.9 Å². The number of benzene rings is 1. The molecule has 0 radical (unpaired) electrons. The lowest BCUT2D eigenvalue weighted by molar-refractivity contribution is -0.123. The molecule has 0 saturated carbocycles. The van der Waals surface area contributed by atoms with E-state index in [1.54, 1.807) is 13.0 Å². The molecule has 5 nitrogen and oxygen atoms in total. The van der Waals surface area contributed by atoms with Crippen molar-refractivity contribution in [2.24, 2.45) is 11.1 Å². The lowest BCUT2D eigenvalue weighted by Gasteiger charge is -2.21. The first-order valence-electron chi connectivity index (χ1n) is 6.39. The van der Waals surface area contributed by atoms with Crippen LogP contribution in [0.4, 0.5) is 5.69 Å². The van der Waals surface area contributed by atoms with E-state index >= 15 is 0 Å². The van der Waals surface area contributed by atoms with Gasteiger partial charge in [-0.2, -0.15) is 0 Å².